The topological polar surface area (TPSA) is 85.2 Å². The van der Waals surface area contributed by atoms with Gasteiger partial charge in [-0.2, -0.15) is 5.10 Å². The number of hydrogen-bond acceptors (Lipinski definition) is 5. The molecule has 2 heterocycles. The molecule has 2 aromatic carbocycles. The molecule has 0 spiro atoms. The first-order valence-electron chi connectivity index (χ1n) is 10.4. The summed E-state index contributed by atoms with van der Waals surface area (Å²) in [7, 11) is 0. The summed E-state index contributed by atoms with van der Waals surface area (Å²) in [6.45, 7) is 9.17. The molecule has 0 aliphatic carbocycles. The van der Waals surface area contributed by atoms with E-state index in [0.29, 0.717) is 5.82 Å². The number of nitrogens with zero attached hydrogens (tertiary/aromatic N) is 6. The average Bonchev–Trinajstić information content (AvgIpc) is 3.43. The van der Waals surface area contributed by atoms with E-state index in [9.17, 15) is 0 Å². The van der Waals surface area contributed by atoms with Crippen molar-refractivity contribution < 1.29 is 0 Å². The molecule has 0 amide bonds. The molecule has 0 unspecified atom stereocenters. The van der Waals surface area contributed by atoms with Gasteiger partial charge in [0.1, 0.15) is 5.82 Å². The van der Waals surface area contributed by atoms with Gasteiger partial charge in [0.2, 0.25) is 0 Å². The Morgan fingerprint density at radius 1 is 1.00 bits per heavy atom. The van der Waals surface area contributed by atoms with Crippen LogP contribution in [0.25, 0.3) is 22.5 Å². The Labute approximate surface area is 182 Å². The number of nitrogens with one attached hydrogen (secondary N) is 1. The molecule has 31 heavy (non-hydrogen) atoms. The summed E-state index contributed by atoms with van der Waals surface area (Å²) in [6.07, 6.45) is 4.87. The molecular weight excluding hydrogens is 386 g/mol. The first-order valence-corrected chi connectivity index (χ1v) is 10.4. The van der Waals surface area contributed by atoms with Crippen molar-refractivity contribution in [2.24, 2.45) is 0 Å². The van der Waals surface area contributed by atoms with Crippen LogP contribution in [-0.4, -0.2) is 35.4 Å². The third-order valence-corrected chi connectivity index (χ3v) is 5.09. The summed E-state index contributed by atoms with van der Waals surface area (Å²) in [5, 5.41) is 19.1. The molecule has 4 aromatic rings. The lowest BCUT2D eigenvalue weighted by Crippen LogP contribution is -2.14. The largest absolute Gasteiger partial charge is 0.246 e. The standard InChI is InChI=1S/C24H27N7/c1-5-6-15-31-21(25-23(28-31)24(2,3)4)16-17-11-13-18(14-12-17)19-9-7-8-10-20(19)22-26-29-30-27-22/h5-14H,15-16H2,1-4H3,(H,26,27,29,30)/b6-5+. The Morgan fingerprint density at radius 3 is 2.39 bits per heavy atom. The van der Waals surface area contributed by atoms with Gasteiger partial charge >= 0.3 is 0 Å². The minimum Gasteiger partial charge on any atom is -0.246 e. The number of aromatic nitrogens is 7. The third-order valence-electron chi connectivity index (χ3n) is 5.09. The maximum Gasteiger partial charge on any atom is 0.180 e. The molecule has 0 aliphatic heterocycles. The molecule has 4 rings (SSSR count). The number of aromatic amines is 1. The first kappa shape index (κ1) is 20.7. The molecule has 1 N–H and O–H groups in total. The highest BCUT2D eigenvalue weighted by Crippen LogP contribution is 2.30. The Kier molecular flexibility index (Phi) is 5.75. The second kappa shape index (κ2) is 8.63. The van der Waals surface area contributed by atoms with Crippen LogP contribution in [0.1, 0.15) is 44.9 Å². The summed E-state index contributed by atoms with van der Waals surface area (Å²) >= 11 is 0. The second-order valence-electron chi connectivity index (χ2n) is 8.52. The number of H-pyrrole nitrogens is 1. The fraction of sp³-hybridized carbons (Fsp3) is 0.292. The minimum absolute atomic E-state index is 0.0843. The normalized spacial score (nSPS) is 12.0. The quantitative estimate of drug-likeness (QED) is 0.467. The predicted octanol–water partition coefficient (Wildman–Crippen LogP) is 4.59. The van der Waals surface area contributed by atoms with Crippen LogP contribution in [0.3, 0.4) is 0 Å². The van der Waals surface area contributed by atoms with Crippen LogP contribution in [0.4, 0.5) is 0 Å². The van der Waals surface area contributed by atoms with E-state index < -0.39 is 0 Å². The van der Waals surface area contributed by atoms with Crippen LogP contribution >= 0.6 is 0 Å². The van der Waals surface area contributed by atoms with Crippen LogP contribution in [0.15, 0.2) is 60.7 Å². The van der Waals surface area contributed by atoms with Crippen LogP contribution in [0.5, 0.6) is 0 Å². The monoisotopic (exact) mass is 413 g/mol. The highest BCUT2D eigenvalue weighted by atomic mass is 15.5. The van der Waals surface area contributed by atoms with Crippen LogP contribution in [0, 0.1) is 0 Å². The highest BCUT2D eigenvalue weighted by Gasteiger charge is 2.21. The zero-order valence-electron chi connectivity index (χ0n) is 18.4. The summed E-state index contributed by atoms with van der Waals surface area (Å²) < 4.78 is 2.00. The van der Waals surface area contributed by atoms with Crippen molar-refractivity contribution in [1.82, 2.24) is 35.4 Å². The van der Waals surface area contributed by atoms with Crippen LogP contribution in [-0.2, 0) is 18.4 Å². The van der Waals surface area contributed by atoms with Gasteiger partial charge < -0.3 is 0 Å². The lowest BCUT2D eigenvalue weighted by atomic mass is 9.96. The van der Waals surface area contributed by atoms with Crippen LogP contribution < -0.4 is 0 Å². The maximum absolute atomic E-state index is 4.85. The van der Waals surface area contributed by atoms with E-state index in [1.165, 1.54) is 5.56 Å². The van der Waals surface area contributed by atoms with Gasteiger partial charge in [-0.25, -0.2) is 14.8 Å². The number of allylic oxidation sites excluding steroid dienone is 2. The summed E-state index contributed by atoms with van der Waals surface area (Å²) in [5.41, 5.74) is 4.28. The van der Waals surface area contributed by atoms with Gasteiger partial charge in [-0.05, 0) is 34.0 Å². The highest BCUT2D eigenvalue weighted by molar-refractivity contribution is 5.80. The smallest absolute Gasteiger partial charge is 0.180 e. The molecule has 0 atom stereocenters. The predicted molar refractivity (Wildman–Crippen MR) is 121 cm³/mol. The Balaban J connectivity index is 1.61. The zero-order chi connectivity index (χ0) is 21.8. The maximum atomic E-state index is 4.85. The fourth-order valence-corrected chi connectivity index (χ4v) is 3.37. The Morgan fingerprint density at radius 2 is 1.74 bits per heavy atom. The molecule has 0 radical (unpaired) electrons. The van der Waals surface area contributed by atoms with Gasteiger partial charge in [0.15, 0.2) is 11.6 Å². The Bertz CT molecular complexity index is 1160. The number of tetrazole rings is 1. The summed E-state index contributed by atoms with van der Waals surface area (Å²) in [6, 6.07) is 16.7. The SMILES string of the molecule is C/C=C/Cn1nc(C(C)(C)C)nc1Cc1ccc(-c2ccccc2-c2nnn[nH]2)cc1. The van der Waals surface area contributed by atoms with Gasteiger partial charge in [0, 0.05) is 17.4 Å². The molecule has 0 saturated heterocycles. The molecular formula is C24H27N7. The molecule has 0 saturated carbocycles. The zero-order valence-corrected chi connectivity index (χ0v) is 18.4. The van der Waals surface area contributed by atoms with Crippen molar-refractivity contribution >= 4 is 0 Å². The average molecular weight is 414 g/mol. The molecule has 7 heteroatoms. The number of benzene rings is 2. The molecule has 0 fully saturated rings. The van der Waals surface area contributed by atoms with E-state index in [0.717, 1.165) is 41.3 Å². The lowest BCUT2D eigenvalue weighted by Gasteiger charge is -2.12. The first-order chi connectivity index (χ1) is 15.0. The molecule has 0 bridgehead atoms. The molecule has 2 aromatic heterocycles. The van der Waals surface area contributed by atoms with Crippen molar-refractivity contribution in [1.29, 1.82) is 0 Å². The summed E-state index contributed by atoms with van der Waals surface area (Å²) in [4.78, 5) is 4.85. The van der Waals surface area contributed by atoms with Crippen molar-refractivity contribution in [3.63, 3.8) is 0 Å². The number of rotatable bonds is 6. The van der Waals surface area contributed by atoms with E-state index in [2.05, 4.69) is 77.8 Å². The number of hydrogen-bond donors (Lipinski definition) is 1. The van der Waals surface area contributed by atoms with Gasteiger partial charge in [0.05, 0.1) is 6.54 Å². The van der Waals surface area contributed by atoms with Gasteiger partial charge in [-0.1, -0.05) is 81.5 Å². The third kappa shape index (κ3) is 4.60. The molecule has 158 valence electrons. The van der Waals surface area contributed by atoms with Gasteiger partial charge in [0.25, 0.3) is 0 Å². The molecule has 7 nitrogen and oxygen atoms in total. The summed E-state index contributed by atoms with van der Waals surface area (Å²) in [5.74, 6) is 2.51. The van der Waals surface area contributed by atoms with Crippen molar-refractivity contribution in [2.75, 3.05) is 0 Å². The van der Waals surface area contributed by atoms with Crippen molar-refractivity contribution in [3.05, 3.63) is 77.9 Å². The van der Waals surface area contributed by atoms with E-state index >= 15 is 0 Å². The van der Waals surface area contributed by atoms with E-state index in [1.807, 2.05) is 35.9 Å². The van der Waals surface area contributed by atoms with Crippen molar-refractivity contribution in [3.8, 4) is 22.5 Å². The van der Waals surface area contributed by atoms with Crippen molar-refractivity contribution in [2.45, 2.75) is 46.1 Å². The molecule has 0 aliphatic rings. The van der Waals surface area contributed by atoms with Crippen LogP contribution in [0.2, 0.25) is 0 Å². The van der Waals surface area contributed by atoms with E-state index in [-0.39, 0.29) is 5.41 Å². The lowest BCUT2D eigenvalue weighted by molar-refractivity contribution is 0.534. The second-order valence-corrected chi connectivity index (χ2v) is 8.52. The minimum atomic E-state index is -0.0843. The fourth-order valence-electron chi connectivity index (χ4n) is 3.37. The van der Waals surface area contributed by atoms with Gasteiger partial charge in [-0.15, -0.1) is 5.10 Å². The Hall–Kier alpha value is -3.61. The van der Waals surface area contributed by atoms with Gasteiger partial charge in [-0.3, -0.25) is 0 Å². The van der Waals surface area contributed by atoms with E-state index in [4.69, 9.17) is 10.1 Å². The van der Waals surface area contributed by atoms with E-state index in [1.54, 1.807) is 0 Å².